The minimum absolute atomic E-state index is 0.245. The third-order valence-corrected chi connectivity index (χ3v) is 12.3. The molecule has 3 heterocycles. The summed E-state index contributed by atoms with van der Waals surface area (Å²) >= 11 is 0. The van der Waals surface area contributed by atoms with Crippen molar-refractivity contribution in [2.75, 3.05) is 0 Å². The van der Waals surface area contributed by atoms with Gasteiger partial charge in [-0.1, -0.05) is 153 Å². The molecule has 0 atom stereocenters. The van der Waals surface area contributed by atoms with E-state index in [1.54, 1.807) is 0 Å². The highest BCUT2D eigenvalue weighted by atomic mass is 16.3. The van der Waals surface area contributed by atoms with E-state index in [0.29, 0.717) is 23.5 Å². The second kappa shape index (κ2) is 13.5. The van der Waals surface area contributed by atoms with Crippen molar-refractivity contribution >= 4 is 32.9 Å². The van der Waals surface area contributed by atoms with Crippen LogP contribution < -0.4 is 0 Å². The molecule has 12 rings (SSSR count). The maximum atomic E-state index is 6.57. The summed E-state index contributed by atoms with van der Waals surface area (Å²) in [5.41, 5.74) is 15.8. The van der Waals surface area contributed by atoms with E-state index in [2.05, 4.69) is 115 Å². The van der Waals surface area contributed by atoms with Crippen LogP contribution in [0.4, 0.5) is 0 Å². The Kier molecular flexibility index (Phi) is 7.78. The van der Waals surface area contributed by atoms with Gasteiger partial charge < -0.3 is 4.42 Å². The molecule has 6 heteroatoms. The van der Waals surface area contributed by atoms with Crippen molar-refractivity contribution in [3.05, 3.63) is 199 Å². The molecule has 11 aromatic rings. The Morgan fingerprint density at radius 3 is 1.52 bits per heavy atom. The quantitative estimate of drug-likeness (QED) is 0.168. The molecular weight excluding hydrogens is 747 g/mol. The Morgan fingerprint density at radius 1 is 0.426 bits per heavy atom. The standard InChI is InChI=1S/C55H37N5O/c1-55(2)44-27-28-46-50(61-53(56-46)37-21-13-6-14-22-37)49(44)41-26-23-40(33-45(41)55)39-25-30-48-43(32-39)42-31-38(34-15-7-3-8-16-34)24-29-47(42)60(48)54-58-51(35-17-9-4-10-18-35)57-52(59-54)36-19-11-5-12-20-36/h3-33H,1-2H3. The Bertz CT molecular complexity index is 3420. The SMILES string of the molecule is CC1(C)c2cc(-c3ccc4c(c3)c3cc(-c5ccccc5)ccc3n4-c3nc(-c4ccccc4)nc(-c4ccccc4)n3)ccc2-c2c1ccc1nc(-c3ccccc3)oc21. The molecule has 0 amide bonds. The van der Waals surface area contributed by atoms with Gasteiger partial charge in [-0.3, -0.25) is 4.57 Å². The zero-order valence-electron chi connectivity index (χ0n) is 33.5. The van der Waals surface area contributed by atoms with Crippen molar-refractivity contribution in [2.45, 2.75) is 19.3 Å². The number of hydrogen-bond donors (Lipinski definition) is 0. The molecule has 1 aliphatic rings. The Hall–Kier alpha value is -7.96. The van der Waals surface area contributed by atoms with E-state index in [1.165, 1.54) is 16.7 Å². The lowest BCUT2D eigenvalue weighted by Crippen LogP contribution is -2.14. The van der Waals surface area contributed by atoms with Crippen LogP contribution in [-0.4, -0.2) is 24.5 Å². The zero-order valence-corrected chi connectivity index (χ0v) is 33.5. The molecule has 0 bridgehead atoms. The average molecular weight is 784 g/mol. The summed E-state index contributed by atoms with van der Waals surface area (Å²) in [6.45, 7) is 4.62. The van der Waals surface area contributed by atoms with E-state index in [1.807, 2.05) is 91.0 Å². The second-order valence-electron chi connectivity index (χ2n) is 16.3. The summed E-state index contributed by atoms with van der Waals surface area (Å²) in [5, 5.41) is 2.24. The van der Waals surface area contributed by atoms with Crippen LogP contribution in [0.5, 0.6) is 0 Å². The van der Waals surface area contributed by atoms with Gasteiger partial charge in [0.2, 0.25) is 11.8 Å². The highest BCUT2D eigenvalue weighted by Gasteiger charge is 2.38. The molecule has 61 heavy (non-hydrogen) atoms. The first kappa shape index (κ1) is 35.0. The van der Waals surface area contributed by atoms with Crippen molar-refractivity contribution in [1.82, 2.24) is 24.5 Å². The lowest BCUT2D eigenvalue weighted by atomic mass is 9.81. The summed E-state index contributed by atoms with van der Waals surface area (Å²) in [5.74, 6) is 2.45. The largest absolute Gasteiger partial charge is 0.435 e. The molecule has 0 fully saturated rings. The van der Waals surface area contributed by atoms with Gasteiger partial charge in [0.25, 0.3) is 0 Å². The molecule has 0 radical (unpaired) electrons. The van der Waals surface area contributed by atoms with Gasteiger partial charge in [-0.15, -0.1) is 0 Å². The lowest BCUT2D eigenvalue weighted by Gasteiger charge is -2.22. The number of nitrogens with zero attached hydrogens (tertiary/aromatic N) is 5. The molecule has 288 valence electrons. The van der Waals surface area contributed by atoms with Crippen molar-refractivity contribution in [3.63, 3.8) is 0 Å². The van der Waals surface area contributed by atoms with Crippen LogP contribution in [0.2, 0.25) is 0 Å². The van der Waals surface area contributed by atoms with Gasteiger partial charge in [-0.05, 0) is 87.5 Å². The number of benzene rings is 8. The van der Waals surface area contributed by atoms with E-state index in [-0.39, 0.29) is 5.41 Å². The fourth-order valence-corrected chi connectivity index (χ4v) is 9.21. The van der Waals surface area contributed by atoms with Gasteiger partial charge in [0.15, 0.2) is 17.2 Å². The van der Waals surface area contributed by atoms with Crippen LogP contribution in [0.1, 0.15) is 25.0 Å². The Labute approximate surface area is 352 Å². The van der Waals surface area contributed by atoms with Gasteiger partial charge in [0.1, 0.15) is 5.52 Å². The predicted octanol–water partition coefficient (Wildman–Crippen LogP) is 13.8. The molecule has 8 aromatic carbocycles. The van der Waals surface area contributed by atoms with E-state index < -0.39 is 0 Å². The number of fused-ring (bicyclic) bond motifs is 8. The molecule has 6 nitrogen and oxygen atoms in total. The summed E-state index contributed by atoms with van der Waals surface area (Å²) in [7, 11) is 0. The van der Waals surface area contributed by atoms with E-state index >= 15 is 0 Å². The molecular formula is C55H37N5O. The Balaban J connectivity index is 1.04. The fourth-order valence-electron chi connectivity index (χ4n) is 9.21. The highest BCUT2D eigenvalue weighted by molar-refractivity contribution is 6.11. The predicted molar refractivity (Wildman–Crippen MR) is 246 cm³/mol. The minimum atomic E-state index is -0.245. The van der Waals surface area contributed by atoms with Crippen LogP contribution in [0, 0.1) is 0 Å². The molecule has 0 N–H and O–H groups in total. The molecule has 1 aliphatic carbocycles. The van der Waals surface area contributed by atoms with Gasteiger partial charge in [-0.2, -0.15) is 9.97 Å². The van der Waals surface area contributed by atoms with Crippen molar-refractivity contribution in [2.24, 2.45) is 0 Å². The number of aromatic nitrogens is 5. The third-order valence-electron chi connectivity index (χ3n) is 12.3. The number of hydrogen-bond acceptors (Lipinski definition) is 5. The molecule has 0 unspecified atom stereocenters. The van der Waals surface area contributed by atoms with Crippen LogP contribution in [0.15, 0.2) is 192 Å². The summed E-state index contributed by atoms with van der Waals surface area (Å²) in [6, 6.07) is 65.7. The monoisotopic (exact) mass is 783 g/mol. The molecule has 0 saturated heterocycles. The van der Waals surface area contributed by atoms with Crippen molar-refractivity contribution in [1.29, 1.82) is 0 Å². The lowest BCUT2D eigenvalue weighted by molar-refractivity contribution is 0.618. The minimum Gasteiger partial charge on any atom is -0.435 e. The molecule has 0 spiro atoms. The first-order chi connectivity index (χ1) is 30.0. The molecule has 0 saturated carbocycles. The van der Waals surface area contributed by atoms with Crippen LogP contribution in [-0.2, 0) is 5.41 Å². The normalized spacial score (nSPS) is 12.9. The first-order valence-corrected chi connectivity index (χ1v) is 20.6. The van der Waals surface area contributed by atoms with Crippen molar-refractivity contribution < 1.29 is 4.42 Å². The zero-order chi connectivity index (χ0) is 40.7. The van der Waals surface area contributed by atoms with Crippen LogP contribution in [0.25, 0.3) is 106 Å². The highest BCUT2D eigenvalue weighted by Crippen LogP contribution is 2.52. The van der Waals surface area contributed by atoms with E-state index in [4.69, 9.17) is 24.4 Å². The smallest absolute Gasteiger partial charge is 0.238 e. The van der Waals surface area contributed by atoms with Gasteiger partial charge in [-0.25, -0.2) is 9.97 Å². The summed E-state index contributed by atoms with van der Waals surface area (Å²) < 4.78 is 8.76. The maximum Gasteiger partial charge on any atom is 0.238 e. The van der Waals surface area contributed by atoms with Crippen LogP contribution >= 0.6 is 0 Å². The maximum absolute atomic E-state index is 6.57. The van der Waals surface area contributed by atoms with E-state index in [9.17, 15) is 0 Å². The number of rotatable bonds is 6. The number of oxazole rings is 1. The van der Waals surface area contributed by atoms with Gasteiger partial charge in [0.05, 0.1) is 11.0 Å². The summed E-state index contributed by atoms with van der Waals surface area (Å²) in [4.78, 5) is 20.3. The van der Waals surface area contributed by atoms with Gasteiger partial charge in [0, 0.05) is 38.4 Å². The molecule has 3 aromatic heterocycles. The molecule has 0 aliphatic heterocycles. The second-order valence-corrected chi connectivity index (χ2v) is 16.3. The first-order valence-electron chi connectivity index (χ1n) is 20.6. The van der Waals surface area contributed by atoms with E-state index in [0.717, 1.165) is 77.4 Å². The van der Waals surface area contributed by atoms with Crippen LogP contribution in [0.3, 0.4) is 0 Å². The van der Waals surface area contributed by atoms with Crippen molar-refractivity contribution in [3.8, 4) is 73.6 Å². The summed E-state index contributed by atoms with van der Waals surface area (Å²) in [6.07, 6.45) is 0. The topological polar surface area (TPSA) is 69.6 Å². The average Bonchev–Trinajstić information content (AvgIpc) is 3.98. The Morgan fingerprint density at radius 2 is 0.934 bits per heavy atom. The van der Waals surface area contributed by atoms with Gasteiger partial charge >= 0.3 is 0 Å². The fraction of sp³-hybridized carbons (Fsp3) is 0.0545. The third kappa shape index (κ3) is 5.64.